The molecule has 2 fully saturated rings. The number of fused-ring (bicyclic) bond motifs is 1. The van der Waals surface area contributed by atoms with E-state index in [2.05, 4.69) is 27.6 Å². The molecule has 0 spiro atoms. The molecule has 142 valence electrons. The summed E-state index contributed by atoms with van der Waals surface area (Å²) < 4.78 is 11.0. The van der Waals surface area contributed by atoms with Crippen LogP contribution in [0.2, 0.25) is 0 Å². The molecule has 1 amide bonds. The summed E-state index contributed by atoms with van der Waals surface area (Å²) in [5.41, 5.74) is 2.76. The number of nitrogens with one attached hydrogen (secondary N) is 2. The summed E-state index contributed by atoms with van der Waals surface area (Å²) in [7, 11) is 0. The second kappa shape index (κ2) is 6.59. The van der Waals surface area contributed by atoms with Gasteiger partial charge < -0.3 is 14.8 Å². The molecule has 2 aliphatic carbocycles. The average Bonchev–Trinajstić information content (AvgIpc) is 3.25. The van der Waals surface area contributed by atoms with Crippen LogP contribution in [0.5, 0.6) is 11.5 Å². The summed E-state index contributed by atoms with van der Waals surface area (Å²) in [6.45, 7) is 0.905. The fourth-order valence-corrected chi connectivity index (χ4v) is 4.42. The molecule has 2 saturated carbocycles. The lowest BCUT2D eigenvalue weighted by atomic mass is 9.69. The number of hydrogen-bond donors (Lipinski definition) is 2. The van der Waals surface area contributed by atoms with Crippen molar-refractivity contribution in [2.75, 3.05) is 13.3 Å². The Kier molecular flexibility index (Phi) is 4.06. The van der Waals surface area contributed by atoms with Crippen molar-refractivity contribution in [1.29, 1.82) is 0 Å². The first kappa shape index (κ1) is 16.7. The molecule has 1 aromatic carbocycles. The first-order valence-electron chi connectivity index (χ1n) is 9.97. The number of hydrogen-bond acceptors (Lipinski definition) is 4. The molecule has 2 heterocycles. The molecule has 2 aromatic rings. The molecule has 6 nitrogen and oxygen atoms in total. The summed E-state index contributed by atoms with van der Waals surface area (Å²) in [6, 6.07) is 8.12. The smallest absolute Gasteiger partial charge is 0.271 e. The second-order valence-corrected chi connectivity index (χ2v) is 8.07. The van der Waals surface area contributed by atoms with Gasteiger partial charge in [-0.15, -0.1) is 0 Å². The number of aromatic nitrogens is 2. The van der Waals surface area contributed by atoms with Gasteiger partial charge >= 0.3 is 0 Å². The van der Waals surface area contributed by atoms with Crippen molar-refractivity contribution in [3.63, 3.8) is 0 Å². The lowest BCUT2D eigenvalue weighted by Crippen LogP contribution is -2.42. The molecule has 0 radical (unpaired) electrons. The lowest BCUT2D eigenvalue weighted by molar-refractivity contribution is 0.0931. The normalized spacial score (nSPS) is 20.4. The topological polar surface area (TPSA) is 76.2 Å². The zero-order valence-corrected chi connectivity index (χ0v) is 15.4. The fraction of sp³-hybridized carbons (Fsp3) is 0.524. The van der Waals surface area contributed by atoms with E-state index in [0.29, 0.717) is 18.2 Å². The Balaban J connectivity index is 1.34. The van der Waals surface area contributed by atoms with E-state index < -0.39 is 0 Å². The van der Waals surface area contributed by atoms with Crippen LogP contribution in [-0.4, -0.2) is 29.4 Å². The maximum absolute atomic E-state index is 12.7. The first-order chi connectivity index (χ1) is 13.2. The van der Waals surface area contributed by atoms with E-state index in [1.54, 1.807) is 0 Å². The number of ether oxygens (including phenoxy) is 2. The minimum absolute atomic E-state index is 0.0511. The Hall–Kier alpha value is -2.50. The van der Waals surface area contributed by atoms with Crippen LogP contribution < -0.4 is 14.8 Å². The molecule has 3 aliphatic rings. The predicted molar refractivity (Wildman–Crippen MR) is 100 cm³/mol. The zero-order chi connectivity index (χ0) is 18.3. The molecule has 2 N–H and O–H groups in total. The van der Waals surface area contributed by atoms with Crippen molar-refractivity contribution in [3.8, 4) is 11.5 Å². The maximum atomic E-state index is 12.7. The number of carbonyl (C=O) groups excluding carboxylic acids is 1. The van der Waals surface area contributed by atoms with Gasteiger partial charge in [0.2, 0.25) is 6.79 Å². The van der Waals surface area contributed by atoms with Crippen molar-refractivity contribution in [1.82, 2.24) is 15.5 Å². The van der Waals surface area contributed by atoms with E-state index >= 15 is 0 Å². The Morgan fingerprint density at radius 3 is 2.78 bits per heavy atom. The van der Waals surface area contributed by atoms with Crippen LogP contribution in [0.4, 0.5) is 0 Å². The zero-order valence-electron chi connectivity index (χ0n) is 15.4. The van der Waals surface area contributed by atoms with Gasteiger partial charge in [-0.2, -0.15) is 5.10 Å². The van der Waals surface area contributed by atoms with Gasteiger partial charge in [-0.3, -0.25) is 9.89 Å². The molecule has 1 aliphatic heterocycles. The van der Waals surface area contributed by atoms with E-state index in [4.69, 9.17) is 9.47 Å². The highest BCUT2D eigenvalue weighted by Crippen LogP contribution is 2.43. The summed E-state index contributed by atoms with van der Waals surface area (Å²) >= 11 is 0. The largest absolute Gasteiger partial charge is 0.454 e. The number of benzene rings is 1. The van der Waals surface area contributed by atoms with E-state index in [0.717, 1.165) is 30.0 Å². The number of aromatic amines is 1. The molecule has 27 heavy (non-hydrogen) atoms. The van der Waals surface area contributed by atoms with Crippen LogP contribution in [0.15, 0.2) is 24.3 Å². The van der Waals surface area contributed by atoms with Crippen LogP contribution in [0.3, 0.4) is 0 Å². The monoisotopic (exact) mass is 367 g/mol. The Labute approximate surface area is 158 Å². The van der Waals surface area contributed by atoms with Gasteiger partial charge in [0, 0.05) is 23.6 Å². The highest BCUT2D eigenvalue weighted by Gasteiger charge is 2.36. The number of nitrogens with zero attached hydrogens (tertiary/aromatic N) is 1. The van der Waals surface area contributed by atoms with Crippen LogP contribution in [0.1, 0.15) is 72.6 Å². The third-order valence-electron chi connectivity index (χ3n) is 6.23. The van der Waals surface area contributed by atoms with E-state index in [1.807, 2.05) is 12.1 Å². The van der Waals surface area contributed by atoms with Crippen molar-refractivity contribution in [2.45, 2.75) is 56.3 Å². The summed E-state index contributed by atoms with van der Waals surface area (Å²) in [5.74, 6) is 2.09. The Bertz CT molecular complexity index is 850. The van der Waals surface area contributed by atoms with Crippen LogP contribution in [-0.2, 0) is 5.41 Å². The molecule has 0 atom stereocenters. The number of carbonyl (C=O) groups is 1. The molecule has 0 bridgehead atoms. The van der Waals surface area contributed by atoms with Gasteiger partial charge in [-0.1, -0.05) is 25.3 Å². The van der Waals surface area contributed by atoms with E-state index in [-0.39, 0.29) is 18.1 Å². The molecule has 1 aromatic heterocycles. The van der Waals surface area contributed by atoms with Gasteiger partial charge in [0.05, 0.1) is 0 Å². The van der Waals surface area contributed by atoms with Gasteiger partial charge in [0.25, 0.3) is 5.91 Å². The summed E-state index contributed by atoms with van der Waals surface area (Å²) in [4.78, 5) is 12.7. The fourth-order valence-electron chi connectivity index (χ4n) is 4.42. The molecule has 6 heteroatoms. The number of H-pyrrole nitrogens is 1. The molecule has 0 unspecified atom stereocenters. The quantitative estimate of drug-likeness (QED) is 0.846. The van der Waals surface area contributed by atoms with Crippen molar-refractivity contribution in [3.05, 3.63) is 41.2 Å². The maximum Gasteiger partial charge on any atom is 0.271 e. The highest BCUT2D eigenvalue weighted by atomic mass is 16.7. The van der Waals surface area contributed by atoms with E-state index in [9.17, 15) is 4.79 Å². The van der Waals surface area contributed by atoms with Crippen LogP contribution >= 0.6 is 0 Å². The highest BCUT2D eigenvalue weighted by molar-refractivity contribution is 5.92. The third-order valence-corrected chi connectivity index (χ3v) is 6.23. The van der Waals surface area contributed by atoms with Gasteiger partial charge in [-0.25, -0.2) is 0 Å². The Morgan fingerprint density at radius 2 is 1.96 bits per heavy atom. The molecular formula is C21H25N3O3. The summed E-state index contributed by atoms with van der Waals surface area (Å²) in [6.07, 6.45) is 8.13. The standard InChI is InChI=1S/C21H25N3O3/c25-20(17-11-16(23-24-17)14-4-5-14)22-12-21(8-2-1-3-9-21)15-6-7-18-19(10-15)27-13-26-18/h6-7,10-11,14H,1-5,8-9,12-13H2,(H,22,25)(H,23,24). The SMILES string of the molecule is O=C(NCC1(c2ccc3c(c2)OCO3)CCCCC1)c1cc(C2CC2)[nH]n1. The number of amides is 1. The van der Waals surface area contributed by atoms with Crippen LogP contribution in [0, 0.1) is 0 Å². The van der Waals surface area contributed by atoms with Gasteiger partial charge in [0.15, 0.2) is 11.5 Å². The first-order valence-corrected chi connectivity index (χ1v) is 9.97. The van der Waals surface area contributed by atoms with Crippen LogP contribution in [0.25, 0.3) is 0 Å². The molecule has 5 rings (SSSR count). The minimum atomic E-state index is -0.0937. The minimum Gasteiger partial charge on any atom is -0.454 e. The Morgan fingerprint density at radius 1 is 1.15 bits per heavy atom. The third kappa shape index (κ3) is 3.17. The lowest BCUT2D eigenvalue weighted by Gasteiger charge is -2.38. The predicted octanol–water partition coefficient (Wildman–Crippen LogP) is 3.65. The van der Waals surface area contributed by atoms with Crippen molar-refractivity contribution in [2.24, 2.45) is 0 Å². The van der Waals surface area contributed by atoms with E-state index in [1.165, 1.54) is 37.7 Å². The van der Waals surface area contributed by atoms with Gasteiger partial charge in [0.1, 0.15) is 5.69 Å². The summed E-state index contributed by atoms with van der Waals surface area (Å²) in [5, 5.41) is 10.4. The van der Waals surface area contributed by atoms with Crippen molar-refractivity contribution >= 4 is 5.91 Å². The van der Waals surface area contributed by atoms with Crippen molar-refractivity contribution < 1.29 is 14.3 Å². The molecule has 0 saturated heterocycles. The second-order valence-electron chi connectivity index (χ2n) is 8.07. The molecular weight excluding hydrogens is 342 g/mol. The van der Waals surface area contributed by atoms with Gasteiger partial charge in [-0.05, 0) is 49.4 Å². The average molecular weight is 367 g/mol. The number of rotatable bonds is 5.